The standard InChI is InChI=1S/C28H26N2O4S2.Al.ClH/c1-21-13-17-25(18-14-21)35(31,32)29-27(23-9-5-3-6-10-23)28(24-11-7-4-8-12-24)30-36(33,34)26-19-15-22(2)16-20-26;;/h3-20,27-28H,1-2H3;;1H/q-2;+3;/p-1/t27-,28-;;/m1../s1. The van der Waals surface area contributed by atoms with Crippen LogP contribution in [0.15, 0.2) is 119 Å². The Balaban J connectivity index is 0.00000253. The Morgan fingerprint density at radius 1 is 0.500 bits per heavy atom. The summed E-state index contributed by atoms with van der Waals surface area (Å²) in [6.45, 7) is 3.72. The van der Waals surface area contributed by atoms with Crippen molar-refractivity contribution in [3.8, 4) is 0 Å². The summed E-state index contributed by atoms with van der Waals surface area (Å²) in [6.07, 6.45) is 0. The van der Waals surface area contributed by atoms with Crippen molar-refractivity contribution in [3.05, 3.63) is 141 Å². The van der Waals surface area contributed by atoms with Crippen LogP contribution in [0.3, 0.4) is 0 Å². The van der Waals surface area contributed by atoms with Gasteiger partial charge >= 0.3 is 17.4 Å². The maximum absolute atomic E-state index is 13.4. The largest absolute Gasteiger partial charge is 3.00 e. The Kier molecular flexibility index (Phi) is 11.3. The molecule has 0 aliphatic carbocycles. The molecular weight excluding hydrogens is 555 g/mol. The van der Waals surface area contributed by atoms with Crippen molar-refractivity contribution in [1.29, 1.82) is 0 Å². The molecule has 0 saturated carbocycles. The normalized spacial score (nSPS) is 13.0. The molecule has 0 fully saturated rings. The summed E-state index contributed by atoms with van der Waals surface area (Å²) in [6, 6.07) is 28.1. The van der Waals surface area contributed by atoms with Crippen LogP contribution in [0.1, 0.15) is 34.3 Å². The first-order valence-corrected chi connectivity index (χ1v) is 14.2. The molecule has 38 heavy (non-hydrogen) atoms. The van der Waals surface area contributed by atoms with Crippen molar-refractivity contribution in [2.24, 2.45) is 0 Å². The molecule has 0 N–H and O–H groups in total. The van der Waals surface area contributed by atoms with Gasteiger partial charge in [0.15, 0.2) is 0 Å². The second-order valence-corrected chi connectivity index (χ2v) is 11.8. The van der Waals surface area contributed by atoms with Crippen LogP contribution in [0.5, 0.6) is 0 Å². The first kappa shape index (κ1) is 31.7. The predicted molar refractivity (Wildman–Crippen MR) is 148 cm³/mol. The molecular formula is C28H26AlClN2O4S2. The van der Waals surface area contributed by atoms with E-state index in [0.717, 1.165) is 11.1 Å². The zero-order valence-corrected chi connectivity index (χ0v) is 24.4. The number of sulfonamides is 2. The molecule has 4 rings (SSSR count). The van der Waals surface area contributed by atoms with Crippen LogP contribution in [0, 0.1) is 13.8 Å². The van der Waals surface area contributed by atoms with Gasteiger partial charge in [-0.1, -0.05) is 107 Å². The summed E-state index contributed by atoms with van der Waals surface area (Å²) in [4.78, 5) is 0.0597. The number of benzene rings is 4. The smallest absolute Gasteiger partial charge is 1.00 e. The molecule has 0 unspecified atom stereocenters. The fourth-order valence-electron chi connectivity index (χ4n) is 3.74. The van der Waals surface area contributed by atoms with E-state index in [1.54, 1.807) is 84.9 Å². The van der Waals surface area contributed by atoms with Gasteiger partial charge in [-0.05, 0) is 38.1 Å². The molecule has 0 radical (unpaired) electrons. The van der Waals surface area contributed by atoms with Crippen LogP contribution in [0.4, 0.5) is 0 Å². The van der Waals surface area contributed by atoms with Crippen LogP contribution in [-0.4, -0.2) is 34.2 Å². The van der Waals surface area contributed by atoms with Crippen molar-refractivity contribution in [2.45, 2.75) is 35.7 Å². The van der Waals surface area contributed by atoms with Crippen molar-refractivity contribution >= 4 is 37.4 Å². The first-order valence-electron chi connectivity index (χ1n) is 11.3. The molecule has 6 nitrogen and oxygen atoms in total. The molecule has 0 saturated heterocycles. The zero-order valence-electron chi connectivity index (χ0n) is 20.8. The van der Waals surface area contributed by atoms with Crippen LogP contribution < -0.4 is 12.4 Å². The molecule has 0 aliphatic rings. The zero-order chi connectivity index (χ0) is 25.8. The third-order valence-corrected chi connectivity index (χ3v) is 8.47. The molecule has 4 aromatic rings. The summed E-state index contributed by atoms with van der Waals surface area (Å²) >= 11 is 0. The van der Waals surface area contributed by atoms with Gasteiger partial charge in [0.1, 0.15) is 20.0 Å². The van der Waals surface area contributed by atoms with E-state index in [0.29, 0.717) is 11.1 Å². The maximum atomic E-state index is 13.4. The topological polar surface area (TPSA) is 96.5 Å². The Morgan fingerprint density at radius 3 is 1.08 bits per heavy atom. The molecule has 10 heteroatoms. The molecule has 0 aromatic heterocycles. The van der Waals surface area contributed by atoms with Crippen molar-refractivity contribution in [1.82, 2.24) is 0 Å². The van der Waals surface area contributed by atoms with Gasteiger partial charge in [-0.2, -0.15) is 0 Å². The second-order valence-electron chi connectivity index (χ2n) is 8.50. The molecule has 0 spiro atoms. The Morgan fingerprint density at radius 2 is 0.789 bits per heavy atom. The van der Waals surface area contributed by atoms with Gasteiger partial charge in [0, 0.05) is 9.79 Å². The fraction of sp³-hybridized carbons (Fsp3) is 0.143. The molecule has 194 valence electrons. The van der Waals surface area contributed by atoms with Crippen molar-refractivity contribution < 1.29 is 29.2 Å². The van der Waals surface area contributed by atoms with Crippen LogP contribution >= 0.6 is 0 Å². The SMILES string of the molecule is Cc1ccc(S(=O)(=O)[N-][C@H](c2ccccc2)[C@H]([N-]S(=O)(=O)c2ccc(C)cc2)c2ccccc2)cc1.[Al+3].[Cl-]. The van der Waals surface area contributed by atoms with E-state index in [-0.39, 0.29) is 39.6 Å². The molecule has 0 amide bonds. The van der Waals surface area contributed by atoms with Gasteiger partial charge < -0.3 is 21.9 Å². The fourth-order valence-corrected chi connectivity index (χ4v) is 6.02. The monoisotopic (exact) mass is 580 g/mol. The first-order chi connectivity index (χ1) is 17.2. The van der Waals surface area contributed by atoms with E-state index < -0.39 is 32.1 Å². The summed E-state index contributed by atoms with van der Waals surface area (Å²) in [5.74, 6) is 0. The van der Waals surface area contributed by atoms with Gasteiger partial charge in [0.05, 0.1) is 0 Å². The van der Waals surface area contributed by atoms with Crippen molar-refractivity contribution in [3.63, 3.8) is 0 Å². The number of nitrogens with zero attached hydrogens (tertiary/aromatic N) is 2. The minimum Gasteiger partial charge on any atom is -1.00 e. The van der Waals surface area contributed by atoms with E-state index in [4.69, 9.17) is 0 Å². The number of hydrogen-bond acceptors (Lipinski definition) is 4. The van der Waals surface area contributed by atoms with Gasteiger partial charge in [-0.15, -0.1) is 12.1 Å². The minimum absolute atomic E-state index is 0. The number of aryl methyl sites for hydroxylation is 2. The van der Waals surface area contributed by atoms with Gasteiger partial charge in [0.25, 0.3) is 0 Å². The number of hydrogen-bond donors (Lipinski definition) is 0. The quantitative estimate of drug-likeness (QED) is 0.284. The third kappa shape index (κ3) is 7.78. The average Bonchev–Trinajstić information content (AvgIpc) is 2.88. The molecule has 4 aromatic carbocycles. The van der Waals surface area contributed by atoms with Crippen LogP contribution in [-0.2, 0) is 20.0 Å². The summed E-state index contributed by atoms with van der Waals surface area (Å²) in [5.41, 5.74) is 2.89. The predicted octanol–water partition coefficient (Wildman–Crippen LogP) is 3.23. The summed E-state index contributed by atoms with van der Waals surface area (Å²) in [5, 5.41) is 0. The second kappa shape index (κ2) is 13.5. The van der Waals surface area contributed by atoms with E-state index in [1.807, 2.05) is 13.8 Å². The summed E-state index contributed by atoms with van der Waals surface area (Å²) < 4.78 is 62.0. The Bertz CT molecular complexity index is 1400. The van der Waals surface area contributed by atoms with Gasteiger partial charge in [0.2, 0.25) is 0 Å². The van der Waals surface area contributed by atoms with Gasteiger partial charge in [-0.25, -0.2) is 16.8 Å². The molecule has 0 bridgehead atoms. The maximum Gasteiger partial charge on any atom is 3.00 e. The van der Waals surface area contributed by atoms with E-state index in [9.17, 15) is 16.8 Å². The number of halogens is 1. The van der Waals surface area contributed by atoms with Crippen LogP contribution in [0.2, 0.25) is 0 Å². The molecule has 0 heterocycles. The van der Waals surface area contributed by atoms with Gasteiger partial charge in [-0.3, -0.25) is 0 Å². The average molecular weight is 581 g/mol. The molecule has 2 atom stereocenters. The number of rotatable bonds is 9. The van der Waals surface area contributed by atoms with E-state index >= 15 is 0 Å². The summed E-state index contributed by atoms with van der Waals surface area (Å²) in [7, 11) is -8.27. The Labute approximate surface area is 242 Å². The van der Waals surface area contributed by atoms with Crippen LogP contribution in [0.25, 0.3) is 9.44 Å². The van der Waals surface area contributed by atoms with E-state index in [1.165, 1.54) is 24.3 Å². The van der Waals surface area contributed by atoms with Crippen molar-refractivity contribution in [2.75, 3.05) is 0 Å². The Hall–Kier alpha value is -2.48. The van der Waals surface area contributed by atoms with E-state index in [2.05, 4.69) is 9.44 Å². The third-order valence-electron chi connectivity index (χ3n) is 5.72. The minimum atomic E-state index is -4.13. The molecule has 0 aliphatic heterocycles.